The highest BCUT2D eigenvalue weighted by Gasteiger charge is 2.17. The lowest BCUT2D eigenvalue weighted by atomic mass is 10.1. The van der Waals surface area contributed by atoms with E-state index in [-0.39, 0.29) is 17.3 Å². The number of carbonyl (C=O) groups is 2. The zero-order valence-corrected chi connectivity index (χ0v) is 12.3. The van der Waals surface area contributed by atoms with Gasteiger partial charge in [-0.2, -0.15) is 0 Å². The number of nitrogen functional groups attached to an aromatic ring is 1. The minimum absolute atomic E-state index is 0.175. The molecule has 1 amide bonds. The highest BCUT2D eigenvalue weighted by molar-refractivity contribution is 6.17. The number of nitrogens with one attached hydrogen (secondary N) is 1. The van der Waals surface area contributed by atoms with Gasteiger partial charge in [0.15, 0.2) is 6.07 Å². The van der Waals surface area contributed by atoms with Crippen LogP contribution in [-0.2, 0) is 9.47 Å². The maximum atomic E-state index is 11.6. The number of hydrogen-bond acceptors (Lipinski definition) is 5. The van der Waals surface area contributed by atoms with Gasteiger partial charge < -0.3 is 15.2 Å². The molecular weight excluding hydrogens is 284 g/mol. The number of nitrogens with two attached hydrogens (primary N) is 1. The van der Waals surface area contributed by atoms with E-state index in [0.717, 1.165) is 0 Å². The number of ether oxygens (including phenoxy) is 2. The van der Waals surface area contributed by atoms with Crippen LogP contribution in [0.25, 0.3) is 0 Å². The third-order valence-corrected chi connectivity index (χ3v) is 2.21. The number of hydrogen-bond donors (Lipinski definition) is 2. The summed E-state index contributed by atoms with van der Waals surface area (Å²) in [5.41, 5.74) is 5.89. The summed E-state index contributed by atoms with van der Waals surface area (Å²) in [5.74, 6) is -0.624. The van der Waals surface area contributed by atoms with E-state index in [1.165, 1.54) is 18.2 Å². The molecule has 0 aliphatic carbocycles. The molecule has 0 spiro atoms. The molecule has 0 radical (unpaired) electrons. The molecular formula is C13H17ClN2O4. The van der Waals surface area contributed by atoms with E-state index < -0.39 is 17.7 Å². The first-order chi connectivity index (χ1) is 9.23. The Kier molecular flexibility index (Phi) is 5.21. The molecule has 1 rings (SSSR count). The summed E-state index contributed by atoms with van der Waals surface area (Å²) in [7, 11) is 0. The predicted octanol–water partition coefficient (Wildman–Crippen LogP) is 2.97. The highest BCUT2D eigenvalue weighted by atomic mass is 35.5. The smallest absolute Gasteiger partial charge is 0.412 e. The molecule has 0 fully saturated rings. The van der Waals surface area contributed by atoms with Crippen LogP contribution in [0, 0.1) is 0 Å². The zero-order valence-electron chi connectivity index (χ0n) is 11.5. The van der Waals surface area contributed by atoms with Crippen molar-refractivity contribution in [1.82, 2.24) is 0 Å². The largest absolute Gasteiger partial charge is 0.446 e. The summed E-state index contributed by atoms with van der Waals surface area (Å²) in [4.78, 5) is 23.1. The van der Waals surface area contributed by atoms with Gasteiger partial charge in [-0.3, -0.25) is 5.32 Å². The Hall–Kier alpha value is -1.95. The van der Waals surface area contributed by atoms with Gasteiger partial charge in [-0.25, -0.2) is 9.59 Å². The van der Waals surface area contributed by atoms with Crippen molar-refractivity contribution in [3.8, 4) is 0 Å². The van der Waals surface area contributed by atoms with E-state index in [9.17, 15) is 9.59 Å². The van der Waals surface area contributed by atoms with Gasteiger partial charge in [-0.05, 0) is 39.0 Å². The average molecular weight is 301 g/mol. The molecule has 0 heterocycles. The Bertz CT molecular complexity index is 512. The van der Waals surface area contributed by atoms with E-state index in [4.69, 9.17) is 22.1 Å². The van der Waals surface area contributed by atoms with Crippen LogP contribution in [0.5, 0.6) is 0 Å². The molecule has 0 unspecified atom stereocenters. The van der Waals surface area contributed by atoms with Crippen molar-refractivity contribution >= 4 is 35.0 Å². The molecule has 0 saturated heterocycles. The molecule has 0 aliphatic rings. The second-order valence-electron chi connectivity index (χ2n) is 4.97. The van der Waals surface area contributed by atoms with Crippen LogP contribution in [0.4, 0.5) is 16.2 Å². The lowest BCUT2D eigenvalue weighted by Crippen LogP contribution is -2.27. The SMILES string of the molecule is CC(C)(C)OC(=O)Nc1ccc(C(=O)OCCl)c(N)c1. The molecule has 6 nitrogen and oxygen atoms in total. The van der Waals surface area contributed by atoms with Crippen LogP contribution < -0.4 is 11.1 Å². The standard InChI is InChI=1S/C13H17ClN2O4/c1-13(2,3)20-12(18)16-8-4-5-9(10(15)6-8)11(17)19-7-14/h4-6H,7,15H2,1-3H3,(H,16,18). The Morgan fingerprint density at radius 1 is 1.35 bits per heavy atom. The maximum Gasteiger partial charge on any atom is 0.412 e. The third kappa shape index (κ3) is 4.97. The average Bonchev–Trinajstić information content (AvgIpc) is 2.26. The molecule has 0 aliphatic heterocycles. The summed E-state index contributed by atoms with van der Waals surface area (Å²) < 4.78 is 9.73. The lowest BCUT2D eigenvalue weighted by molar-refractivity contribution is 0.0574. The van der Waals surface area contributed by atoms with Gasteiger partial charge in [0, 0.05) is 11.4 Å². The topological polar surface area (TPSA) is 90.6 Å². The monoisotopic (exact) mass is 300 g/mol. The van der Waals surface area contributed by atoms with E-state index in [0.29, 0.717) is 5.69 Å². The van der Waals surface area contributed by atoms with Crippen molar-refractivity contribution < 1.29 is 19.1 Å². The van der Waals surface area contributed by atoms with Crippen molar-refractivity contribution in [2.24, 2.45) is 0 Å². The summed E-state index contributed by atoms with van der Waals surface area (Å²) in [6, 6.07) is 4.15. The Labute approximate surface area is 122 Å². The first kappa shape index (κ1) is 16.1. The van der Waals surface area contributed by atoms with E-state index in [1.807, 2.05) is 0 Å². The number of alkyl halides is 1. The summed E-state index contributed by atoms with van der Waals surface area (Å²) in [6.45, 7) is 5.27. The van der Waals surface area contributed by atoms with Crippen molar-refractivity contribution in [1.29, 1.82) is 0 Å². The lowest BCUT2D eigenvalue weighted by Gasteiger charge is -2.19. The molecule has 0 bridgehead atoms. The number of rotatable bonds is 3. The third-order valence-electron chi connectivity index (χ3n) is 2.10. The first-order valence-electron chi connectivity index (χ1n) is 5.85. The van der Waals surface area contributed by atoms with Gasteiger partial charge in [0.25, 0.3) is 0 Å². The van der Waals surface area contributed by atoms with Gasteiger partial charge in [0.05, 0.1) is 5.56 Å². The molecule has 0 aromatic heterocycles. The van der Waals surface area contributed by atoms with E-state index in [1.54, 1.807) is 20.8 Å². The highest BCUT2D eigenvalue weighted by Crippen LogP contribution is 2.20. The number of amides is 1. The van der Waals surface area contributed by atoms with E-state index >= 15 is 0 Å². The Morgan fingerprint density at radius 3 is 2.50 bits per heavy atom. The molecule has 7 heteroatoms. The van der Waals surface area contributed by atoms with Crippen molar-refractivity contribution in [2.75, 3.05) is 17.1 Å². The quantitative estimate of drug-likeness (QED) is 0.509. The Balaban J connectivity index is 2.78. The van der Waals surface area contributed by atoms with Gasteiger partial charge in [0.1, 0.15) is 5.60 Å². The van der Waals surface area contributed by atoms with Gasteiger partial charge >= 0.3 is 12.1 Å². The molecule has 1 aromatic carbocycles. The molecule has 110 valence electrons. The second-order valence-corrected chi connectivity index (χ2v) is 5.19. The number of benzene rings is 1. The minimum atomic E-state index is -0.624. The van der Waals surface area contributed by atoms with Crippen LogP contribution in [0.2, 0.25) is 0 Å². The molecule has 3 N–H and O–H groups in total. The first-order valence-corrected chi connectivity index (χ1v) is 6.39. The van der Waals surface area contributed by atoms with Crippen molar-refractivity contribution in [3.05, 3.63) is 23.8 Å². The summed E-state index contributed by atoms with van der Waals surface area (Å²) in [6.07, 6.45) is -0.604. The van der Waals surface area contributed by atoms with Crippen LogP contribution in [-0.4, -0.2) is 23.7 Å². The molecule has 1 aromatic rings. The van der Waals surface area contributed by atoms with Crippen LogP contribution >= 0.6 is 11.6 Å². The fraction of sp³-hybridized carbons (Fsp3) is 0.385. The van der Waals surface area contributed by atoms with Crippen molar-refractivity contribution in [3.63, 3.8) is 0 Å². The van der Waals surface area contributed by atoms with Crippen LogP contribution in [0.3, 0.4) is 0 Å². The fourth-order valence-electron chi connectivity index (χ4n) is 1.38. The van der Waals surface area contributed by atoms with Gasteiger partial charge in [0.2, 0.25) is 0 Å². The molecule has 20 heavy (non-hydrogen) atoms. The second kappa shape index (κ2) is 6.47. The van der Waals surface area contributed by atoms with E-state index in [2.05, 4.69) is 10.1 Å². The number of esters is 1. The minimum Gasteiger partial charge on any atom is -0.446 e. The number of anilines is 2. The molecule has 0 atom stereocenters. The summed E-state index contributed by atoms with van der Waals surface area (Å²) in [5, 5.41) is 2.52. The maximum absolute atomic E-state index is 11.6. The van der Waals surface area contributed by atoms with Crippen molar-refractivity contribution in [2.45, 2.75) is 26.4 Å². The normalized spacial score (nSPS) is 10.8. The van der Waals surface area contributed by atoms with Crippen LogP contribution in [0.15, 0.2) is 18.2 Å². The molecule has 0 saturated carbocycles. The number of halogens is 1. The number of carbonyl (C=O) groups excluding carboxylic acids is 2. The predicted molar refractivity (Wildman–Crippen MR) is 76.8 cm³/mol. The van der Waals surface area contributed by atoms with Crippen LogP contribution in [0.1, 0.15) is 31.1 Å². The summed E-state index contributed by atoms with van der Waals surface area (Å²) >= 11 is 5.30. The zero-order chi connectivity index (χ0) is 15.3. The fourth-order valence-corrected chi connectivity index (χ4v) is 1.47. The van der Waals surface area contributed by atoms with Gasteiger partial charge in [-0.15, -0.1) is 0 Å². The van der Waals surface area contributed by atoms with Gasteiger partial charge in [-0.1, -0.05) is 11.6 Å². The Morgan fingerprint density at radius 2 is 2.00 bits per heavy atom.